The molecule has 0 unspecified atom stereocenters. The van der Waals surface area contributed by atoms with Crippen molar-refractivity contribution in [2.75, 3.05) is 51.7 Å². The van der Waals surface area contributed by atoms with Crippen LogP contribution in [0.25, 0.3) is 0 Å². The Bertz CT molecular complexity index is 855. The van der Waals surface area contributed by atoms with Crippen molar-refractivity contribution in [2.45, 2.75) is 31.2 Å². The Kier molecular flexibility index (Phi) is 8.94. The molecule has 0 radical (unpaired) electrons. The Labute approximate surface area is 189 Å². The van der Waals surface area contributed by atoms with Crippen LogP contribution in [0.15, 0.2) is 35.5 Å². The van der Waals surface area contributed by atoms with Crippen LogP contribution in [0.4, 0.5) is 13.2 Å². The van der Waals surface area contributed by atoms with Crippen LogP contribution in [0.3, 0.4) is 0 Å². The fraction of sp³-hybridized carbons (Fsp3) is 0.571. The van der Waals surface area contributed by atoms with E-state index in [4.69, 9.17) is 0 Å². The lowest BCUT2D eigenvalue weighted by molar-refractivity contribution is -0.174. The molecule has 1 aromatic carbocycles. The molecule has 0 N–H and O–H groups in total. The molecule has 1 amide bonds. The SMILES string of the molecule is Cc1nnc(SCC(=O)N2CCN(CCCOCC(F)(F)F)CC2)n1Cc1ccccc1. The maximum absolute atomic E-state index is 12.7. The molecule has 7 nitrogen and oxygen atoms in total. The average Bonchev–Trinajstić information content (AvgIpc) is 3.11. The summed E-state index contributed by atoms with van der Waals surface area (Å²) in [5.41, 5.74) is 1.14. The summed E-state index contributed by atoms with van der Waals surface area (Å²) < 4.78 is 42.8. The molecule has 0 spiro atoms. The molecule has 32 heavy (non-hydrogen) atoms. The molecule has 1 aromatic heterocycles. The molecule has 1 aliphatic heterocycles. The monoisotopic (exact) mass is 471 g/mol. The number of alkyl halides is 3. The van der Waals surface area contributed by atoms with Gasteiger partial charge in [0.1, 0.15) is 12.4 Å². The van der Waals surface area contributed by atoms with Gasteiger partial charge in [-0.05, 0) is 18.9 Å². The van der Waals surface area contributed by atoms with Gasteiger partial charge in [0.2, 0.25) is 5.91 Å². The van der Waals surface area contributed by atoms with Crippen molar-refractivity contribution >= 4 is 17.7 Å². The highest BCUT2D eigenvalue weighted by atomic mass is 32.2. The first kappa shape index (κ1) is 24.5. The van der Waals surface area contributed by atoms with Crippen LogP contribution in [-0.4, -0.2) is 88.3 Å². The van der Waals surface area contributed by atoms with E-state index < -0.39 is 12.8 Å². The quantitative estimate of drug-likeness (QED) is 0.392. The number of nitrogens with zero attached hydrogens (tertiary/aromatic N) is 5. The molecule has 11 heteroatoms. The van der Waals surface area contributed by atoms with Crippen LogP contribution < -0.4 is 0 Å². The van der Waals surface area contributed by atoms with E-state index in [9.17, 15) is 18.0 Å². The van der Waals surface area contributed by atoms with Gasteiger partial charge >= 0.3 is 6.18 Å². The number of ether oxygens (including phenoxy) is 1. The number of amides is 1. The Hall–Kier alpha value is -2.11. The highest BCUT2D eigenvalue weighted by molar-refractivity contribution is 7.99. The minimum atomic E-state index is -4.28. The maximum Gasteiger partial charge on any atom is 0.411 e. The van der Waals surface area contributed by atoms with Gasteiger partial charge in [0.15, 0.2) is 5.16 Å². The molecular weight excluding hydrogens is 443 g/mol. The highest BCUT2D eigenvalue weighted by Crippen LogP contribution is 2.19. The Morgan fingerprint density at radius 3 is 2.53 bits per heavy atom. The first-order valence-corrected chi connectivity index (χ1v) is 11.5. The molecule has 2 heterocycles. The fourth-order valence-corrected chi connectivity index (χ4v) is 4.32. The van der Waals surface area contributed by atoms with Gasteiger partial charge in [-0.25, -0.2) is 0 Å². The van der Waals surface area contributed by atoms with Gasteiger partial charge in [-0.2, -0.15) is 13.2 Å². The summed E-state index contributed by atoms with van der Waals surface area (Å²) in [4.78, 5) is 16.6. The van der Waals surface area contributed by atoms with Gasteiger partial charge in [0.05, 0.1) is 12.3 Å². The van der Waals surface area contributed by atoms with Gasteiger partial charge in [-0.15, -0.1) is 10.2 Å². The lowest BCUT2D eigenvalue weighted by Gasteiger charge is -2.34. The molecule has 0 atom stereocenters. The molecule has 0 saturated carbocycles. The van der Waals surface area contributed by atoms with Crippen LogP contribution >= 0.6 is 11.8 Å². The van der Waals surface area contributed by atoms with Gasteiger partial charge in [0, 0.05) is 39.3 Å². The van der Waals surface area contributed by atoms with Crippen LogP contribution in [0.5, 0.6) is 0 Å². The summed E-state index contributed by atoms with van der Waals surface area (Å²) in [6.07, 6.45) is -3.74. The lowest BCUT2D eigenvalue weighted by atomic mass is 10.2. The van der Waals surface area contributed by atoms with E-state index in [1.54, 1.807) is 0 Å². The summed E-state index contributed by atoms with van der Waals surface area (Å²) >= 11 is 1.39. The number of thioether (sulfide) groups is 1. The van der Waals surface area contributed by atoms with Gasteiger partial charge in [0.25, 0.3) is 0 Å². The zero-order valence-corrected chi connectivity index (χ0v) is 18.9. The van der Waals surface area contributed by atoms with Crippen molar-refractivity contribution < 1.29 is 22.7 Å². The molecular formula is C21H28F3N5O2S. The molecule has 0 aliphatic carbocycles. The number of aromatic nitrogens is 3. The number of rotatable bonds is 10. The minimum Gasteiger partial charge on any atom is -0.372 e. The van der Waals surface area contributed by atoms with E-state index in [2.05, 4.69) is 19.8 Å². The van der Waals surface area contributed by atoms with E-state index in [0.29, 0.717) is 45.7 Å². The Balaban J connectivity index is 1.38. The Morgan fingerprint density at radius 2 is 1.84 bits per heavy atom. The van der Waals surface area contributed by atoms with Crippen molar-refractivity contribution in [2.24, 2.45) is 0 Å². The molecule has 2 aromatic rings. The van der Waals surface area contributed by atoms with Crippen molar-refractivity contribution in [3.63, 3.8) is 0 Å². The molecule has 176 valence electrons. The molecule has 1 aliphatic rings. The third-order valence-electron chi connectivity index (χ3n) is 5.16. The summed E-state index contributed by atoms with van der Waals surface area (Å²) in [5.74, 6) is 1.14. The minimum absolute atomic E-state index is 0.0510. The van der Waals surface area contributed by atoms with E-state index >= 15 is 0 Å². The van der Waals surface area contributed by atoms with Crippen molar-refractivity contribution in [3.8, 4) is 0 Å². The van der Waals surface area contributed by atoms with E-state index in [-0.39, 0.29) is 18.3 Å². The lowest BCUT2D eigenvalue weighted by Crippen LogP contribution is -2.49. The van der Waals surface area contributed by atoms with Crippen molar-refractivity contribution in [3.05, 3.63) is 41.7 Å². The predicted molar refractivity (Wildman–Crippen MR) is 116 cm³/mol. The second kappa shape index (κ2) is 11.7. The van der Waals surface area contributed by atoms with Gasteiger partial charge < -0.3 is 14.2 Å². The van der Waals surface area contributed by atoms with Crippen LogP contribution in [0, 0.1) is 6.92 Å². The van der Waals surface area contributed by atoms with Gasteiger partial charge in [-0.1, -0.05) is 42.1 Å². The maximum atomic E-state index is 12.7. The van der Waals surface area contributed by atoms with Gasteiger partial charge in [-0.3, -0.25) is 9.69 Å². The summed E-state index contributed by atoms with van der Waals surface area (Å²) in [6, 6.07) is 10.0. The highest BCUT2D eigenvalue weighted by Gasteiger charge is 2.27. The summed E-state index contributed by atoms with van der Waals surface area (Å²) in [5, 5.41) is 9.10. The first-order valence-electron chi connectivity index (χ1n) is 10.5. The third kappa shape index (κ3) is 7.79. The number of hydrogen-bond donors (Lipinski definition) is 0. The topological polar surface area (TPSA) is 63.5 Å². The fourth-order valence-electron chi connectivity index (χ4n) is 3.43. The van der Waals surface area contributed by atoms with Crippen LogP contribution in [0.2, 0.25) is 0 Å². The zero-order chi connectivity index (χ0) is 23.0. The third-order valence-corrected chi connectivity index (χ3v) is 6.12. The van der Waals surface area contributed by atoms with Crippen LogP contribution in [0.1, 0.15) is 17.8 Å². The summed E-state index contributed by atoms with van der Waals surface area (Å²) in [6.45, 7) is 4.73. The molecule has 0 bridgehead atoms. The number of piperazine rings is 1. The van der Waals surface area contributed by atoms with Crippen molar-refractivity contribution in [1.29, 1.82) is 0 Å². The second-order valence-electron chi connectivity index (χ2n) is 7.63. The smallest absolute Gasteiger partial charge is 0.372 e. The van der Waals surface area contributed by atoms with E-state index in [1.807, 2.05) is 46.7 Å². The van der Waals surface area contributed by atoms with E-state index in [1.165, 1.54) is 11.8 Å². The number of carbonyl (C=O) groups is 1. The number of hydrogen-bond acceptors (Lipinski definition) is 6. The van der Waals surface area contributed by atoms with Crippen LogP contribution in [-0.2, 0) is 16.1 Å². The van der Waals surface area contributed by atoms with Crippen molar-refractivity contribution in [1.82, 2.24) is 24.6 Å². The standard InChI is InChI=1S/C21H28F3N5O2S/c1-17-25-26-20(29(17)14-18-6-3-2-4-7-18)32-15-19(30)28-11-9-27(10-12-28)8-5-13-31-16-21(22,23)24/h2-4,6-7H,5,8-16H2,1H3. The molecule has 3 rings (SSSR count). The first-order chi connectivity index (χ1) is 15.3. The number of carbonyl (C=O) groups excluding carboxylic acids is 1. The number of halogens is 3. The summed E-state index contributed by atoms with van der Waals surface area (Å²) in [7, 11) is 0. The molecule has 1 saturated heterocycles. The zero-order valence-electron chi connectivity index (χ0n) is 18.1. The average molecular weight is 472 g/mol. The number of benzene rings is 1. The molecule has 1 fully saturated rings. The predicted octanol–water partition coefficient (Wildman–Crippen LogP) is 2.84. The second-order valence-corrected chi connectivity index (χ2v) is 8.58. The normalized spacial score (nSPS) is 15.3. The largest absolute Gasteiger partial charge is 0.411 e. The van der Waals surface area contributed by atoms with E-state index in [0.717, 1.165) is 16.5 Å². The number of aryl methyl sites for hydroxylation is 1. The Morgan fingerprint density at radius 1 is 1.12 bits per heavy atom.